The van der Waals surface area contributed by atoms with Gasteiger partial charge in [-0.2, -0.15) is 0 Å². The number of para-hydroxylation sites is 2. The fraction of sp³-hybridized carbons (Fsp3) is 0.174. The molecule has 0 bridgehead atoms. The van der Waals surface area contributed by atoms with Crippen molar-refractivity contribution in [2.75, 3.05) is 24.0 Å². The Labute approximate surface area is 181 Å². The lowest BCUT2D eigenvalue weighted by atomic mass is 10.2. The molecule has 0 spiro atoms. The van der Waals surface area contributed by atoms with E-state index in [0.717, 1.165) is 27.8 Å². The molecule has 0 saturated carbocycles. The summed E-state index contributed by atoms with van der Waals surface area (Å²) in [5, 5.41) is 2.68. The van der Waals surface area contributed by atoms with Gasteiger partial charge in [-0.05, 0) is 55.0 Å². The number of benzene rings is 3. The standard InChI is InChI=1S/C23H23FN2O4S/c1-18-7-5-6-10-22(18)30-16-15-25-23(27)17-26(20-8-3-2-4-9-20)31(28,29)21-13-11-19(24)12-14-21/h2-14H,15-17H2,1H3,(H,25,27). The fourth-order valence-corrected chi connectivity index (χ4v) is 4.32. The van der Waals surface area contributed by atoms with Crippen molar-refractivity contribution in [3.8, 4) is 5.75 Å². The first-order chi connectivity index (χ1) is 14.9. The molecule has 0 aliphatic heterocycles. The minimum absolute atomic E-state index is 0.103. The molecule has 8 heteroatoms. The van der Waals surface area contributed by atoms with Crippen LogP contribution in [0.25, 0.3) is 0 Å². The molecule has 3 rings (SSSR count). The van der Waals surface area contributed by atoms with Gasteiger partial charge in [-0.25, -0.2) is 12.8 Å². The number of nitrogens with one attached hydrogen (secondary N) is 1. The summed E-state index contributed by atoms with van der Waals surface area (Å²) in [7, 11) is -4.07. The van der Waals surface area contributed by atoms with Gasteiger partial charge < -0.3 is 10.1 Å². The average molecular weight is 443 g/mol. The maximum Gasteiger partial charge on any atom is 0.264 e. The van der Waals surface area contributed by atoms with Crippen LogP contribution in [0.2, 0.25) is 0 Å². The third-order valence-electron chi connectivity index (χ3n) is 4.51. The zero-order valence-electron chi connectivity index (χ0n) is 17.0. The Morgan fingerprint density at radius 3 is 2.29 bits per heavy atom. The second-order valence-electron chi connectivity index (χ2n) is 6.77. The van der Waals surface area contributed by atoms with E-state index < -0.39 is 28.3 Å². The molecule has 6 nitrogen and oxygen atoms in total. The Morgan fingerprint density at radius 2 is 1.61 bits per heavy atom. The van der Waals surface area contributed by atoms with Crippen molar-refractivity contribution in [1.29, 1.82) is 0 Å². The van der Waals surface area contributed by atoms with Crippen LogP contribution in [0.5, 0.6) is 5.75 Å². The van der Waals surface area contributed by atoms with E-state index in [1.165, 1.54) is 12.1 Å². The number of anilines is 1. The molecule has 1 amide bonds. The van der Waals surface area contributed by atoms with E-state index in [2.05, 4.69) is 5.32 Å². The average Bonchev–Trinajstić information content (AvgIpc) is 2.77. The summed E-state index contributed by atoms with van der Waals surface area (Å²) in [6.07, 6.45) is 0. The van der Waals surface area contributed by atoms with Gasteiger partial charge in [-0.3, -0.25) is 9.10 Å². The molecule has 0 aliphatic rings. The second kappa shape index (κ2) is 10.1. The molecule has 1 N–H and O–H groups in total. The highest BCUT2D eigenvalue weighted by Crippen LogP contribution is 2.23. The monoisotopic (exact) mass is 442 g/mol. The van der Waals surface area contributed by atoms with Gasteiger partial charge in [0.25, 0.3) is 10.0 Å². The molecule has 0 fully saturated rings. The van der Waals surface area contributed by atoms with Crippen molar-refractivity contribution in [1.82, 2.24) is 5.32 Å². The number of hydrogen-bond donors (Lipinski definition) is 1. The van der Waals surface area contributed by atoms with E-state index >= 15 is 0 Å². The topological polar surface area (TPSA) is 75.7 Å². The molecule has 3 aromatic rings. The lowest BCUT2D eigenvalue weighted by molar-refractivity contribution is -0.119. The molecule has 0 unspecified atom stereocenters. The largest absolute Gasteiger partial charge is 0.491 e. The number of nitrogens with zero attached hydrogens (tertiary/aromatic N) is 1. The van der Waals surface area contributed by atoms with Crippen LogP contribution < -0.4 is 14.4 Å². The van der Waals surface area contributed by atoms with E-state index in [1.807, 2.05) is 31.2 Å². The van der Waals surface area contributed by atoms with Gasteiger partial charge in [0.1, 0.15) is 24.7 Å². The van der Waals surface area contributed by atoms with Crippen LogP contribution in [0, 0.1) is 12.7 Å². The van der Waals surface area contributed by atoms with Crippen molar-refractivity contribution in [3.05, 3.63) is 90.2 Å². The second-order valence-corrected chi connectivity index (χ2v) is 8.63. The highest BCUT2D eigenvalue weighted by atomic mass is 32.2. The summed E-state index contributed by atoms with van der Waals surface area (Å²) < 4.78 is 46.1. The van der Waals surface area contributed by atoms with Crippen LogP contribution in [0.1, 0.15) is 5.56 Å². The van der Waals surface area contributed by atoms with Crippen molar-refractivity contribution in [2.24, 2.45) is 0 Å². The third kappa shape index (κ3) is 5.82. The zero-order valence-corrected chi connectivity index (χ0v) is 17.8. The SMILES string of the molecule is Cc1ccccc1OCCNC(=O)CN(c1ccccc1)S(=O)(=O)c1ccc(F)cc1. The van der Waals surface area contributed by atoms with Gasteiger partial charge in [-0.1, -0.05) is 36.4 Å². The smallest absolute Gasteiger partial charge is 0.264 e. The molecule has 3 aromatic carbocycles. The first-order valence-electron chi connectivity index (χ1n) is 9.66. The maximum absolute atomic E-state index is 13.2. The minimum Gasteiger partial charge on any atom is -0.491 e. The van der Waals surface area contributed by atoms with Crippen molar-refractivity contribution < 1.29 is 22.3 Å². The fourth-order valence-electron chi connectivity index (χ4n) is 2.90. The van der Waals surface area contributed by atoms with Gasteiger partial charge in [0.05, 0.1) is 17.1 Å². The molecule has 162 valence electrons. The summed E-state index contributed by atoms with van der Waals surface area (Å²) in [6.45, 7) is 1.96. The van der Waals surface area contributed by atoms with E-state index in [1.54, 1.807) is 30.3 Å². The van der Waals surface area contributed by atoms with Gasteiger partial charge in [0.2, 0.25) is 5.91 Å². The highest BCUT2D eigenvalue weighted by molar-refractivity contribution is 7.92. The van der Waals surface area contributed by atoms with E-state index in [-0.39, 0.29) is 18.0 Å². The van der Waals surface area contributed by atoms with Crippen molar-refractivity contribution in [2.45, 2.75) is 11.8 Å². The molecular formula is C23H23FN2O4S. The molecule has 0 heterocycles. The number of ether oxygens (including phenoxy) is 1. The van der Waals surface area contributed by atoms with Crippen LogP contribution in [-0.2, 0) is 14.8 Å². The molecule has 0 saturated heterocycles. The number of hydrogen-bond acceptors (Lipinski definition) is 4. The quantitative estimate of drug-likeness (QED) is 0.515. The van der Waals surface area contributed by atoms with Gasteiger partial charge >= 0.3 is 0 Å². The normalized spacial score (nSPS) is 11.0. The number of rotatable bonds is 9. The predicted octanol–water partition coefficient (Wildman–Crippen LogP) is 3.52. The Balaban J connectivity index is 1.68. The number of halogens is 1. The van der Waals surface area contributed by atoms with Gasteiger partial charge in [0.15, 0.2) is 0 Å². The molecule has 0 aromatic heterocycles. The third-order valence-corrected chi connectivity index (χ3v) is 6.30. The number of amides is 1. The lowest BCUT2D eigenvalue weighted by Gasteiger charge is -2.24. The Bertz CT molecular complexity index is 1120. The lowest BCUT2D eigenvalue weighted by Crippen LogP contribution is -2.41. The summed E-state index contributed by atoms with van der Waals surface area (Å²) in [4.78, 5) is 12.4. The minimum atomic E-state index is -4.07. The molecule has 31 heavy (non-hydrogen) atoms. The van der Waals surface area contributed by atoms with Crippen LogP contribution in [-0.4, -0.2) is 34.0 Å². The number of carbonyl (C=O) groups excluding carboxylic acids is 1. The van der Waals surface area contributed by atoms with Crippen molar-refractivity contribution in [3.63, 3.8) is 0 Å². The zero-order chi connectivity index (χ0) is 22.3. The summed E-state index contributed by atoms with van der Waals surface area (Å²) >= 11 is 0. The molecule has 0 aliphatic carbocycles. The Kier molecular flexibility index (Phi) is 7.25. The van der Waals surface area contributed by atoms with Crippen LogP contribution in [0.15, 0.2) is 83.8 Å². The first kappa shape index (κ1) is 22.3. The highest BCUT2D eigenvalue weighted by Gasteiger charge is 2.27. The summed E-state index contributed by atoms with van der Waals surface area (Å²) in [6, 6.07) is 20.3. The van der Waals surface area contributed by atoms with E-state index in [9.17, 15) is 17.6 Å². The van der Waals surface area contributed by atoms with Gasteiger partial charge in [-0.15, -0.1) is 0 Å². The predicted molar refractivity (Wildman–Crippen MR) is 117 cm³/mol. The first-order valence-corrected chi connectivity index (χ1v) is 11.1. The van der Waals surface area contributed by atoms with E-state index in [4.69, 9.17) is 4.74 Å². The molecule has 0 atom stereocenters. The number of aryl methyl sites for hydroxylation is 1. The van der Waals surface area contributed by atoms with Crippen LogP contribution in [0.4, 0.5) is 10.1 Å². The Morgan fingerprint density at radius 1 is 0.968 bits per heavy atom. The van der Waals surface area contributed by atoms with E-state index in [0.29, 0.717) is 5.69 Å². The molecular weight excluding hydrogens is 419 g/mol. The number of sulfonamides is 1. The maximum atomic E-state index is 13.2. The molecule has 0 radical (unpaired) electrons. The Hall–Kier alpha value is -3.39. The van der Waals surface area contributed by atoms with Crippen molar-refractivity contribution >= 4 is 21.6 Å². The summed E-state index contributed by atoms with van der Waals surface area (Å²) in [5.74, 6) is -0.305. The number of carbonyl (C=O) groups is 1. The van der Waals surface area contributed by atoms with Crippen LogP contribution in [0.3, 0.4) is 0 Å². The van der Waals surface area contributed by atoms with Crippen LogP contribution >= 0.6 is 0 Å². The summed E-state index contributed by atoms with van der Waals surface area (Å²) in [5.41, 5.74) is 1.31. The van der Waals surface area contributed by atoms with Gasteiger partial charge in [0, 0.05) is 0 Å².